The van der Waals surface area contributed by atoms with E-state index in [1.165, 1.54) is 12.3 Å². The maximum absolute atomic E-state index is 13.0. The fourth-order valence-electron chi connectivity index (χ4n) is 3.73. The van der Waals surface area contributed by atoms with Gasteiger partial charge in [-0.2, -0.15) is 13.9 Å². The van der Waals surface area contributed by atoms with E-state index < -0.39 is 18.4 Å². The lowest BCUT2D eigenvalue weighted by Gasteiger charge is -2.19. The van der Waals surface area contributed by atoms with Crippen LogP contribution in [0.1, 0.15) is 37.3 Å². The Morgan fingerprint density at radius 1 is 1.38 bits per heavy atom. The van der Waals surface area contributed by atoms with E-state index in [1.54, 1.807) is 16.9 Å². The van der Waals surface area contributed by atoms with Gasteiger partial charge in [-0.05, 0) is 23.5 Å². The molecule has 0 bridgehead atoms. The highest BCUT2D eigenvalue weighted by Crippen LogP contribution is 2.47. The van der Waals surface area contributed by atoms with Crippen LogP contribution in [0.4, 0.5) is 14.5 Å². The van der Waals surface area contributed by atoms with E-state index in [0.29, 0.717) is 17.2 Å². The van der Waals surface area contributed by atoms with E-state index in [1.807, 2.05) is 13.8 Å². The molecule has 1 amide bonds. The second-order valence-corrected chi connectivity index (χ2v) is 8.12. The predicted octanol–water partition coefficient (Wildman–Crippen LogP) is 4.44. The molecule has 1 aliphatic rings. The van der Waals surface area contributed by atoms with E-state index in [2.05, 4.69) is 25.1 Å². The number of carbonyl (C=O) groups excluding carboxylic acids is 1. The van der Waals surface area contributed by atoms with Crippen molar-refractivity contribution in [3.8, 4) is 5.88 Å². The molecule has 0 saturated heterocycles. The van der Waals surface area contributed by atoms with Crippen LogP contribution in [0.2, 0.25) is 10.2 Å². The van der Waals surface area contributed by atoms with Crippen LogP contribution in [0, 0.1) is 0 Å². The Bertz CT molecular complexity index is 1120. The molecule has 0 aromatic carbocycles. The van der Waals surface area contributed by atoms with Crippen molar-refractivity contribution in [2.75, 3.05) is 5.32 Å². The zero-order chi connectivity index (χ0) is 20.9. The van der Waals surface area contributed by atoms with E-state index in [9.17, 15) is 13.6 Å². The first kappa shape index (κ1) is 19.8. The van der Waals surface area contributed by atoms with Gasteiger partial charge in [-0.25, -0.2) is 14.5 Å². The molecule has 4 rings (SSSR count). The average Bonchev–Trinajstić information content (AvgIpc) is 3.13. The molecule has 0 aliphatic heterocycles. The zero-order valence-corrected chi connectivity index (χ0v) is 16.8. The van der Waals surface area contributed by atoms with Crippen molar-refractivity contribution in [1.82, 2.24) is 19.6 Å². The van der Waals surface area contributed by atoms with E-state index in [0.717, 1.165) is 11.1 Å². The quantitative estimate of drug-likeness (QED) is 0.647. The number of nitrogens with zero attached hydrogens (tertiary/aromatic N) is 4. The molecule has 1 aliphatic carbocycles. The summed E-state index contributed by atoms with van der Waals surface area (Å²) in [6.07, 6.45) is 4.99. The number of amides is 1. The van der Waals surface area contributed by atoms with Crippen LogP contribution in [0.15, 0.2) is 24.7 Å². The first-order valence-electron chi connectivity index (χ1n) is 8.61. The molecule has 0 saturated carbocycles. The fourth-order valence-corrected chi connectivity index (χ4v) is 4.11. The third-order valence-electron chi connectivity index (χ3n) is 4.85. The van der Waals surface area contributed by atoms with Crippen molar-refractivity contribution in [3.05, 3.63) is 46.0 Å². The molecule has 0 unspecified atom stereocenters. The molecule has 1 N–H and O–H groups in total. The SMILES string of the molecule is CC1(C)C[C@H](C(=O)Nc2cnc(OC(F)F)c(Cl)c2)c2cnn3cc(Cl)nc3c21. The highest BCUT2D eigenvalue weighted by atomic mass is 35.5. The highest BCUT2D eigenvalue weighted by Gasteiger charge is 2.43. The fraction of sp³-hybridized carbons (Fsp3) is 0.333. The second kappa shape index (κ2) is 7.07. The molecule has 0 fully saturated rings. The molecule has 3 aromatic heterocycles. The molecule has 11 heteroatoms. The number of halogens is 4. The van der Waals surface area contributed by atoms with Gasteiger partial charge in [-0.3, -0.25) is 4.79 Å². The van der Waals surface area contributed by atoms with Crippen molar-refractivity contribution >= 4 is 40.4 Å². The monoisotopic (exact) mass is 441 g/mol. The van der Waals surface area contributed by atoms with Crippen LogP contribution >= 0.6 is 23.2 Å². The van der Waals surface area contributed by atoms with Gasteiger partial charge < -0.3 is 10.1 Å². The lowest BCUT2D eigenvalue weighted by molar-refractivity contribution is -0.117. The smallest absolute Gasteiger partial charge is 0.388 e. The lowest BCUT2D eigenvalue weighted by atomic mass is 9.86. The van der Waals surface area contributed by atoms with Gasteiger partial charge in [0.2, 0.25) is 11.8 Å². The Balaban J connectivity index is 1.63. The summed E-state index contributed by atoms with van der Waals surface area (Å²) in [7, 11) is 0. The minimum absolute atomic E-state index is 0.134. The number of carbonyl (C=O) groups is 1. The van der Waals surface area contributed by atoms with Crippen molar-refractivity contribution in [3.63, 3.8) is 0 Å². The van der Waals surface area contributed by atoms with Gasteiger partial charge in [-0.15, -0.1) is 0 Å². The van der Waals surface area contributed by atoms with Crippen LogP contribution in [0.25, 0.3) is 5.65 Å². The molecule has 152 valence electrons. The van der Waals surface area contributed by atoms with Gasteiger partial charge in [-0.1, -0.05) is 37.0 Å². The average molecular weight is 442 g/mol. The number of alkyl halides is 2. The minimum atomic E-state index is -3.04. The standard InChI is InChI=1S/C18H15Cl2F2N5O2/c1-18(2)4-9(10-6-24-27-7-12(20)26-14(27)13(10)18)15(28)25-8-3-11(19)16(23-5-8)29-17(21)22/h3,5-7,9,17H,4H2,1-2H3,(H,25,28)/t9-/m0/s1. The minimum Gasteiger partial charge on any atom is -0.415 e. The molecule has 0 spiro atoms. The summed E-state index contributed by atoms with van der Waals surface area (Å²) in [6, 6.07) is 1.31. The van der Waals surface area contributed by atoms with E-state index >= 15 is 0 Å². The van der Waals surface area contributed by atoms with E-state index in [-0.39, 0.29) is 22.0 Å². The van der Waals surface area contributed by atoms with Gasteiger partial charge in [0.15, 0.2) is 5.65 Å². The Morgan fingerprint density at radius 2 is 2.14 bits per heavy atom. The first-order valence-corrected chi connectivity index (χ1v) is 9.37. The summed E-state index contributed by atoms with van der Waals surface area (Å²) in [5.41, 5.74) is 2.23. The summed E-state index contributed by atoms with van der Waals surface area (Å²) in [5, 5.41) is 7.22. The summed E-state index contributed by atoms with van der Waals surface area (Å²) >= 11 is 11.9. The van der Waals surface area contributed by atoms with E-state index in [4.69, 9.17) is 23.2 Å². The number of rotatable bonds is 4. The van der Waals surface area contributed by atoms with Crippen molar-refractivity contribution in [2.24, 2.45) is 0 Å². The summed E-state index contributed by atoms with van der Waals surface area (Å²) in [4.78, 5) is 21.0. The first-order chi connectivity index (χ1) is 13.7. The topological polar surface area (TPSA) is 81.4 Å². The maximum Gasteiger partial charge on any atom is 0.388 e. The molecular formula is C18H15Cl2F2N5O2. The number of nitrogens with one attached hydrogen (secondary N) is 1. The molecule has 3 heterocycles. The maximum atomic E-state index is 13.0. The number of hydrogen-bond donors (Lipinski definition) is 1. The molecule has 29 heavy (non-hydrogen) atoms. The third-order valence-corrected chi connectivity index (χ3v) is 5.30. The third kappa shape index (κ3) is 3.60. The molecule has 1 atom stereocenters. The van der Waals surface area contributed by atoms with Crippen LogP contribution in [0.3, 0.4) is 0 Å². The molecular weight excluding hydrogens is 427 g/mol. The van der Waals surface area contributed by atoms with Crippen molar-refractivity contribution in [2.45, 2.75) is 38.2 Å². The molecule has 7 nitrogen and oxygen atoms in total. The van der Waals surface area contributed by atoms with Crippen LogP contribution in [-0.2, 0) is 10.2 Å². The number of anilines is 1. The van der Waals surface area contributed by atoms with Gasteiger partial charge >= 0.3 is 6.61 Å². The number of pyridine rings is 1. The van der Waals surface area contributed by atoms with Gasteiger partial charge in [0.1, 0.15) is 10.2 Å². The lowest BCUT2D eigenvalue weighted by Crippen LogP contribution is -2.21. The number of imidazole rings is 1. The van der Waals surface area contributed by atoms with Gasteiger partial charge in [0.05, 0.1) is 30.2 Å². The van der Waals surface area contributed by atoms with Crippen LogP contribution < -0.4 is 10.1 Å². The Morgan fingerprint density at radius 3 is 2.83 bits per heavy atom. The molecule has 3 aromatic rings. The second-order valence-electron chi connectivity index (χ2n) is 7.33. The normalized spacial score (nSPS) is 17.6. The van der Waals surface area contributed by atoms with Gasteiger partial charge in [0.25, 0.3) is 0 Å². The van der Waals surface area contributed by atoms with Crippen LogP contribution in [0.5, 0.6) is 5.88 Å². The Hall–Kier alpha value is -2.52. The number of aromatic nitrogens is 4. The van der Waals surface area contributed by atoms with Crippen LogP contribution in [-0.4, -0.2) is 32.1 Å². The summed E-state index contributed by atoms with van der Waals surface area (Å²) in [6.45, 7) is 1.01. The number of ether oxygens (including phenoxy) is 1. The van der Waals surface area contributed by atoms with Crippen molar-refractivity contribution < 1.29 is 18.3 Å². The summed E-state index contributed by atoms with van der Waals surface area (Å²) < 4.78 is 30.5. The Labute approximate surface area is 174 Å². The number of hydrogen-bond acceptors (Lipinski definition) is 5. The highest BCUT2D eigenvalue weighted by molar-refractivity contribution is 6.32. The Kier molecular flexibility index (Phi) is 4.82. The van der Waals surface area contributed by atoms with Gasteiger partial charge in [0, 0.05) is 5.56 Å². The predicted molar refractivity (Wildman–Crippen MR) is 103 cm³/mol. The zero-order valence-electron chi connectivity index (χ0n) is 15.3. The largest absolute Gasteiger partial charge is 0.415 e. The number of fused-ring (bicyclic) bond motifs is 3. The summed E-state index contributed by atoms with van der Waals surface area (Å²) in [5.74, 6) is -1.18. The van der Waals surface area contributed by atoms with Crippen molar-refractivity contribution in [1.29, 1.82) is 0 Å². The molecule has 0 radical (unpaired) electrons.